The first kappa shape index (κ1) is 28.6. The molecule has 0 radical (unpaired) electrons. The van der Waals surface area contributed by atoms with E-state index in [0.29, 0.717) is 12.1 Å². The molecule has 1 aromatic heterocycles. The number of fused-ring (bicyclic) bond motifs is 1. The molecule has 42 heavy (non-hydrogen) atoms. The lowest BCUT2D eigenvalue weighted by Gasteiger charge is -2.41. The van der Waals surface area contributed by atoms with Crippen LogP contribution < -0.4 is 5.32 Å². The Morgan fingerprint density at radius 1 is 0.881 bits per heavy atom. The number of benzene rings is 4. The molecule has 8 heteroatoms. The van der Waals surface area contributed by atoms with E-state index in [2.05, 4.69) is 18.3 Å². The van der Waals surface area contributed by atoms with Crippen molar-refractivity contribution in [2.24, 2.45) is 5.92 Å². The van der Waals surface area contributed by atoms with Gasteiger partial charge in [-0.1, -0.05) is 97.5 Å². The molecule has 5 aromatic rings. The summed E-state index contributed by atoms with van der Waals surface area (Å²) >= 11 is 3.42. The number of hydrogen-bond donors (Lipinski definition) is 2. The molecule has 4 atom stereocenters. The van der Waals surface area contributed by atoms with Crippen LogP contribution in [-0.2, 0) is 22.6 Å². The van der Waals surface area contributed by atoms with Crippen LogP contribution in [-0.4, -0.2) is 27.9 Å². The second kappa shape index (κ2) is 13.2. The SMILES string of the molecule is C[C@@H]1[C@H](CSc2nc3ccccc3s2)O[C@H](c2ccc(CNC(=O)c3ccccc3)cc2)O[C@@H]1c1ccc(CO)cc1. The molecule has 1 aliphatic heterocycles. The molecule has 6 nitrogen and oxygen atoms in total. The Morgan fingerprint density at radius 2 is 1.57 bits per heavy atom. The molecular formula is C34H32N2O4S2. The Kier molecular flexibility index (Phi) is 8.98. The first-order valence-electron chi connectivity index (χ1n) is 14.0. The number of nitrogens with zero attached hydrogens (tertiary/aromatic N) is 1. The molecule has 0 unspecified atom stereocenters. The van der Waals surface area contributed by atoms with Crippen LogP contribution in [0, 0.1) is 5.92 Å². The van der Waals surface area contributed by atoms with Gasteiger partial charge < -0.3 is 19.9 Å². The second-order valence-corrected chi connectivity index (χ2v) is 12.7. The van der Waals surface area contributed by atoms with Crippen molar-refractivity contribution in [3.63, 3.8) is 0 Å². The van der Waals surface area contributed by atoms with Gasteiger partial charge in [0.25, 0.3) is 5.91 Å². The minimum absolute atomic E-state index is 0.00662. The molecule has 1 fully saturated rings. The summed E-state index contributed by atoms with van der Waals surface area (Å²) in [5, 5.41) is 12.5. The molecule has 214 valence electrons. The largest absolute Gasteiger partial charge is 0.392 e. The van der Waals surface area contributed by atoms with E-state index in [9.17, 15) is 9.90 Å². The molecule has 1 aliphatic rings. The van der Waals surface area contributed by atoms with Crippen LogP contribution in [0.5, 0.6) is 0 Å². The van der Waals surface area contributed by atoms with Gasteiger partial charge >= 0.3 is 0 Å². The minimum atomic E-state index is -0.544. The summed E-state index contributed by atoms with van der Waals surface area (Å²) < 4.78 is 15.4. The standard InChI is InChI=1S/C34H32N2O4S2/c1-22-29(21-41-34-36-28-9-5-6-10-30(28)42-34)39-33(40-31(22)25-15-13-24(20-37)14-16-25)27-17-11-23(12-18-27)19-35-32(38)26-7-3-2-4-8-26/h2-18,22,29,31,33,37H,19-21H2,1H3,(H,35,38)/t22-,29+,31+,33+/m1/s1. The number of ether oxygens (including phenoxy) is 2. The van der Waals surface area contributed by atoms with E-state index < -0.39 is 6.29 Å². The number of aliphatic hydroxyl groups is 1. The van der Waals surface area contributed by atoms with Crippen molar-refractivity contribution in [2.45, 2.75) is 42.9 Å². The average Bonchev–Trinajstić information content (AvgIpc) is 3.47. The number of thioether (sulfide) groups is 1. The molecule has 0 saturated carbocycles. The van der Waals surface area contributed by atoms with Crippen molar-refractivity contribution < 1.29 is 19.4 Å². The zero-order valence-electron chi connectivity index (χ0n) is 23.2. The smallest absolute Gasteiger partial charge is 0.251 e. The molecular weight excluding hydrogens is 565 g/mol. The molecule has 0 bridgehead atoms. The van der Waals surface area contributed by atoms with E-state index in [1.807, 2.05) is 84.9 Å². The number of carbonyl (C=O) groups is 1. The zero-order chi connectivity index (χ0) is 28.9. The Bertz CT molecular complexity index is 1590. The van der Waals surface area contributed by atoms with Gasteiger partial charge in [0, 0.05) is 29.3 Å². The van der Waals surface area contributed by atoms with Crippen LogP contribution in [0.15, 0.2) is 107 Å². The Morgan fingerprint density at radius 3 is 2.31 bits per heavy atom. The summed E-state index contributed by atoms with van der Waals surface area (Å²) in [4.78, 5) is 17.2. The number of hydrogen-bond acceptors (Lipinski definition) is 7. The third kappa shape index (κ3) is 6.59. The molecule has 2 heterocycles. The predicted molar refractivity (Wildman–Crippen MR) is 167 cm³/mol. The third-order valence-electron chi connectivity index (χ3n) is 7.51. The van der Waals surface area contributed by atoms with Gasteiger partial charge in [-0.2, -0.15) is 0 Å². The van der Waals surface area contributed by atoms with Crippen molar-refractivity contribution in [1.82, 2.24) is 10.3 Å². The van der Waals surface area contributed by atoms with E-state index in [0.717, 1.165) is 37.9 Å². The average molecular weight is 597 g/mol. The lowest BCUT2D eigenvalue weighted by atomic mass is 9.91. The van der Waals surface area contributed by atoms with Crippen LogP contribution in [0.3, 0.4) is 0 Å². The fraction of sp³-hybridized carbons (Fsp3) is 0.235. The Hall–Kier alpha value is -3.53. The molecule has 1 amide bonds. The van der Waals surface area contributed by atoms with Crippen LogP contribution in [0.25, 0.3) is 10.2 Å². The van der Waals surface area contributed by atoms with Gasteiger partial charge in [-0.05, 0) is 41.0 Å². The van der Waals surface area contributed by atoms with E-state index in [-0.39, 0.29) is 30.6 Å². The van der Waals surface area contributed by atoms with Crippen LogP contribution >= 0.6 is 23.1 Å². The maximum Gasteiger partial charge on any atom is 0.251 e. The van der Waals surface area contributed by atoms with Gasteiger partial charge in [0.1, 0.15) is 0 Å². The van der Waals surface area contributed by atoms with Crippen LogP contribution in [0.1, 0.15) is 51.9 Å². The Labute approximate surface area is 253 Å². The third-order valence-corrected chi connectivity index (χ3v) is 9.78. The molecule has 1 saturated heterocycles. The van der Waals surface area contributed by atoms with Crippen molar-refractivity contribution in [1.29, 1.82) is 0 Å². The topological polar surface area (TPSA) is 80.7 Å². The summed E-state index contributed by atoms with van der Waals surface area (Å²) in [6, 6.07) is 33.4. The number of rotatable bonds is 9. The van der Waals surface area contributed by atoms with Gasteiger partial charge in [-0.3, -0.25) is 4.79 Å². The zero-order valence-corrected chi connectivity index (χ0v) is 24.8. The lowest BCUT2D eigenvalue weighted by molar-refractivity contribution is -0.268. The van der Waals surface area contributed by atoms with E-state index >= 15 is 0 Å². The highest BCUT2D eigenvalue weighted by Gasteiger charge is 2.38. The highest BCUT2D eigenvalue weighted by atomic mass is 32.2. The highest BCUT2D eigenvalue weighted by Crippen LogP contribution is 2.43. The molecule has 4 aromatic carbocycles. The molecule has 2 N–H and O–H groups in total. The number of aliphatic hydroxyl groups excluding tert-OH is 1. The summed E-state index contributed by atoms with van der Waals surface area (Å²) in [7, 11) is 0. The lowest BCUT2D eigenvalue weighted by Crippen LogP contribution is -2.38. The van der Waals surface area contributed by atoms with Crippen molar-refractivity contribution >= 4 is 39.2 Å². The fourth-order valence-electron chi connectivity index (χ4n) is 5.04. The van der Waals surface area contributed by atoms with E-state index in [1.165, 1.54) is 4.70 Å². The van der Waals surface area contributed by atoms with Gasteiger partial charge in [-0.15, -0.1) is 11.3 Å². The summed E-state index contributed by atoms with van der Waals surface area (Å²) in [6.07, 6.45) is -0.798. The molecule has 0 aliphatic carbocycles. The van der Waals surface area contributed by atoms with Crippen LogP contribution in [0.4, 0.5) is 0 Å². The number of carbonyl (C=O) groups excluding carboxylic acids is 1. The van der Waals surface area contributed by atoms with E-state index in [1.54, 1.807) is 35.2 Å². The minimum Gasteiger partial charge on any atom is -0.392 e. The second-order valence-electron chi connectivity index (χ2n) is 10.4. The first-order chi connectivity index (χ1) is 20.6. The van der Waals surface area contributed by atoms with Crippen molar-refractivity contribution in [3.8, 4) is 0 Å². The van der Waals surface area contributed by atoms with Crippen molar-refractivity contribution in [3.05, 3.63) is 131 Å². The number of para-hydroxylation sites is 1. The molecule has 0 spiro atoms. The maximum absolute atomic E-state index is 12.5. The fourth-order valence-corrected chi connectivity index (χ4v) is 7.30. The monoisotopic (exact) mass is 596 g/mol. The number of aromatic nitrogens is 1. The maximum atomic E-state index is 12.5. The van der Waals surface area contributed by atoms with Gasteiger partial charge in [0.05, 0.1) is 29.0 Å². The summed E-state index contributed by atoms with van der Waals surface area (Å²) in [6.45, 7) is 2.61. The van der Waals surface area contributed by atoms with E-state index in [4.69, 9.17) is 14.5 Å². The van der Waals surface area contributed by atoms with Crippen LogP contribution in [0.2, 0.25) is 0 Å². The number of amides is 1. The predicted octanol–water partition coefficient (Wildman–Crippen LogP) is 7.30. The molecule has 6 rings (SSSR count). The van der Waals surface area contributed by atoms with Crippen molar-refractivity contribution in [2.75, 3.05) is 5.75 Å². The number of nitrogens with one attached hydrogen (secondary N) is 1. The Balaban J connectivity index is 1.18. The number of thiazole rings is 1. The quantitative estimate of drug-likeness (QED) is 0.174. The summed E-state index contributed by atoms with van der Waals surface area (Å²) in [5.74, 6) is 0.738. The summed E-state index contributed by atoms with van der Waals surface area (Å²) in [5.41, 5.74) is 5.50. The van der Waals surface area contributed by atoms with Gasteiger partial charge in [0.15, 0.2) is 10.6 Å². The highest BCUT2D eigenvalue weighted by molar-refractivity contribution is 8.01. The normalized spacial score (nSPS) is 20.4. The van der Waals surface area contributed by atoms with Gasteiger partial charge in [-0.25, -0.2) is 4.98 Å². The van der Waals surface area contributed by atoms with Gasteiger partial charge in [0.2, 0.25) is 0 Å². The first-order valence-corrected chi connectivity index (χ1v) is 15.8.